The lowest BCUT2D eigenvalue weighted by Crippen LogP contribution is -2.28. The Bertz CT molecular complexity index is 562. The molecule has 1 unspecified atom stereocenters. The fourth-order valence-electron chi connectivity index (χ4n) is 2.86. The molecule has 5 nitrogen and oxygen atoms in total. The molecule has 2 aliphatic rings. The largest absolute Gasteiger partial charge is 0.482 e. The minimum Gasteiger partial charge on any atom is -0.482 e. The van der Waals surface area contributed by atoms with Gasteiger partial charge >= 0.3 is 5.97 Å². The number of nitrogens with zero attached hydrogens (tertiary/aromatic N) is 1. The molecule has 0 aliphatic heterocycles. The first kappa shape index (κ1) is 13.9. The number of rotatable bonds is 6. The second-order valence-corrected chi connectivity index (χ2v) is 6.14. The van der Waals surface area contributed by atoms with Gasteiger partial charge in [0.1, 0.15) is 5.75 Å². The van der Waals surface area contributed by atoms with Crippen LogP contribution in [0.3, 0.4) is 0 Å². The van der Waals surface area contributed by atoms with E-state index in [0.29, 0.717) is 17.7 Å². The van der Waals surface area contributed by atoms with Gasteiger partial charge in [0.25, 0.3) is 0 Å². The molecule has 0 heterocycles. The molecule has 5 heteroatoms. The molecule has 2 saturated carbocycles. The van der Waals surface area contributed by atoms with Crippen LogP contribution in [0, 0.1) is 11.3 Å². The minimum atomic E-state index is -0.997. The third kappa shape index (κ3) is 3.01. The summed E-state index contributed by atoms with van der Waals surface area (Å²) in [4.78, 5) is 24.4. The zero-order chi connectivity index (χ0) is 15.0. The maximum Gasteiger partial charge on any atom is 0.341 e. The van der Waals surface area contributed by atoms with Crippen LogP contribution >= 0.6 is 0 Å². The number of benzene rings is 1. The maximum absolute atomic E-state index is 12.2. The highest BCUT2D eigenvalue weighted by Crippen LogP contribution is 2.70. The Balaban J connectivity index is 1.52. The Morgan fingerprint density at radius 3 is 2.52 bits per heavy atom. The quantitative estimate of drug-likeness (QED) is 0.868. The number of hydrogen-bond donors (Lipinski definition) is 1. The van der Waals surface area contributed by atoms with Gasteiger partial charge in [-0.05, 0) is 42.4 Å². The monoisotopic (exact) mass is 289 g/mol. The van der Waals surface area contributed by atoms with Crippen molar-refractivity contribution < 1.29 is 19.4 Å². The lowest BCUT2D eigenvalue weighted by molar-refractivity contribution is -0.139. The molecule has 3 rings (SSSR count). The van der Waals surface area contributed by atoms with Gasteiger partial charge in [-0.15, -0.1) is 0 Å². The smallest absolute Gasteiger partial charge is 0.341 e. The number of amides is 1. The highest BCUT2D eigenvalue weighted by molar-refractivity contribution is 5.83. The zero-order valence-corrected chi connectivity index (χ0v) is 12.0. The molecule has 112 valence electrons. The highest BCUT2D eigenvalue weighted by atomic mass is 16.5. The zero-order valence-electron chi connectivity index (χ0n) is 12.0. The molecule has 0 radical (unpaired) electrons. The Kier molecular flexibility index (Phi) is 3.35. The first-order valence-corrected chi connectivity index (χ1v) is 7.19. The molecule has 2 fully saturated rings. The van der Waals surface area contributed by atoms with Crippen LogP contribution in [0.1, 0.15) is 24.8 Å². The third-order valence-corrected chi connectivity index (χ3v) is 4.46. The van der Waals surface area contributed by atoms with Gasteiger partial charge in [-0.25, -0.2) is 4.79 Å². The van der Waals surface area contributed by atoms with Gasteiger partial charge in [-0.2, -0.15) is 0 Å². The van der Waals surface area contributed by atoms with Crippen molar-refractivity contribution in [2.45, 2.75) is 25.8 Å². The number of hydrogen-bond acceptors (Lipinski definition) is 3. The van der Waals surface area contributed by atoms with Gasteiger partial charge in [0.2, 0.25) is 5.91 Å². The summed E-state index contributed by atoms with van der Waals surface area (Å²) in [6.07, 6.45) is 3.50. The summed E-state index contributed by atoms with van der Waals surface area (Å²) in [5.41, 5.74) is 1.40. The average Bonchev–Trinajstić information content (AvgIpc) is 3.37. The van der Waals surface area contributed by atoms with Gasteiger partial charge < -0.3 is 14.7 Å². The predicted octanol–water partition coefficient (Wildman–Crippen LogP) is 1.91. The molecule has 1 atom stereocenters. The normalized spacial score (nSPS) is 20.9. The molecule has 0 bridgehead atoms. The van der Waals surface area contributed by atoms with E-state index in [4.69, 9.17) is 9.84 Å². The number of carboxylic acid groups (broad SMARTS) is 1. The van der Waals surface area contributed by atoms with Crippen LogP contribution in [0.15, 0.2) is 24.3 Å². The van der Waals surface area contributed by atoms with Crippen LogP contribution in [0.25, 0.3) is 0 Å². The molecule has 1 amide bonds. The summed E-state index contributed by atoms with van der Waals surface area (Å²) in [5.74, 6) is 0.0245. The number of ether oxygens (including phenoxy) is 1. The summed E-state index contributed by atoms with van der Waals surface area (Å²) in [6.45, 7) is 0.228. The van der Waals surface area contributed by atoms with Crippen molar-refractivity contribution in [1.82, 2.24) is 4.90 Å². The fourth-order valence-corrected chi connectivity index (χ4v) is 2.86. The van der Waals surface area contributed by atoms with Crippen LogP contribution in [0.5, 0.6) is 5.75 Å². The van der Waals surface area contributed by atoms with E-state index in [-0.39, 0.29) is 18.4 Å². The van der Waals surface area contributed by atoms with E-state index in [0.717, 1.165) is 12.0 Å². The van der Waals surface area contributed by atoms with E-state index in [1.807, 2.05) is 19.2 Å². The summed E-state index contributed by atoms with van der Waals surface area (Å²) >= 11 is 0. The van der Waals surface area contributed by atoms with Crippen molar-refractivity contribution in [2.24, 2.45) is 11.3 Å². The summed E-state index contributed by atoms with van der Waals surface area (Å²) in [5, 5.41) is 8.55. The van der Waals surface area contributed by atoms with E-state index in [1.165, 1.54) is 12.8 Å². The summed E-state index contributed by atoms with van der Waals surface area (Å²) < 4.78 is 5.08. The van der Waals surface area contributed by atoms with Crippen molar-refractivity contribution in [3.8, 4) is 5.75 Å². The molecule has 2 aliphatic carbocycles. The van der Waals surface area contributed by atoms with Crippen LogP contribution < -0.4 is 4.74 Å². The first-order valence-electron chi connectivity index (χ1n) is 7.19. The number of carbonyl (C=O) groups is 2. The molecular formula is C16H19NO4. The molecule has 0 aromatic heterocycles. The molecule has 1 aromatic carbocycles. The molecule has 1 aromatic rings. The topological polar surface area (TPSA) is 66.8 Å². The number of carboxylic acids is 1. The van der Waals surface area contributed by atoms with Gasteiger partial charge in [0.15, 0.2) is 6.61 Å². The van der Waals surface area contributed by atoms with E-state index in [1.54, 1.807) is 17.0 Å². The van der Waals surface area contributed by atoms with Crippen LogP contribution in [-0.4, -0.2) is 35.5 Å². The number of aliphatic carboxylic acids is 1. The summed E-state index contributed by atoms with van der Waals surface area (Å²) in [7, 11) is 1.84. The fraction of sp³-hybridized carbons (Fsp3) is 0.500. The molecule has 21 heavy (non-hydrogen) atoms. The van der Waals surface area contributed by atoms with Crippen molar-refractivity contribution in [3.05, 3.63) is 29.8 Å². The second-order valence-electron chi connectivity index (χ2n) is 6.14. The third-order valence-electron chi connectivity index (χ3n) is 4.46. The standard InChI is InChI=1S/C16H19NO4/c1-17(15(20)13-8-16(13)6-7-16)9-11-2-4-12(5-3-11)21-10-14(18)19/h2-5,13H,6-10H2,1H3,(H,18,19). The van der Waals surface area contributed by atoms with Crippen molar-refractivity contribution in [2.75, 3.05) is 13.7 Å². The molecule has 0 saturated heterocycles. The Morgan fingerprint density at radius 2 is 2.00 bits per heavy atom. The Morgan fingerprint density at radius 1 is 1.33 bits per heavy atom. The number of carbonyl (C=O) groups excluding carboxylic acids is 1. The Hall–Kier alpha value is -2.04. The van der Waals surface area contributed by atoms with E-state index in [2.05, 4.69) is 0 Å². The predicted molar refractivity (Wildman–Crippen MR) is 75.8 cm³/mol. The van der Waals surface area contributed by atoms with E-state index >= 15 is 0 Å². The molecular weight excluding hydrogens is 270 g/mol. The van der Waals surface area contributed by atoms with Crippen LogP contribution in [0.4, 0.5) is 0 Å². The SMILES string of the molecule is CN(Cc1ccc(OCC(=O)O)cc1)C(=O)C1CC12CC2. The van der Waals surface area contributed by atoms with Gasteiger partial charge in [0, 0.05) is 19.5 Å². The van der Waals surface area contributed by atoms with Crippen LogP contribution in [-0.2, 0) is 16.1 Å². The lowest BCUT2D eigenvalue weighted by atomic mass is 10.2. The second kappa shape index (κ2) is 5.06. The maximum atomic E-state index is 12.2. The van der Waals surface area contributed by atoms with Crippen molar-refractivity contribution >= 4 is 11.9 Å². The van der Waals surface area contributed by atoms with Gasteiger partial charge in [-0.1, -0.05) is 12.1 Å². The first-order chi connectivity index (χ1) is 10.00. The highest BCUT2D eigenvalue weighted by Gasteiger charge is 2.66. The Labute approximate surface area is 123 Å². The van der Waals surface area contributed by atoms with E-state index < -0.39 is 5.97 Å². The van der Waals surface area contributed by atoms with Crippen molar-refractivity contribution in [3.63, 3.8) is 0 Å². The molecule has 1 spiro atoms. The summed E-state index contributed by atoms with van der Waals surface area (Å²) in [6, 6.07) is 7.19. The van der Waals surface area contributed by atoms with Gasteiger partial charge in [0.05, 0.1) is 0 Å². The molecule has 1 N–H and O–H groups in total. The van der Waals surface area contributed by atoms with Gasteiger partial charge in [-0.3, -0.25) is 4.79 Å². The minimum absolute atomic E-state index is 0.249. The van der Waals surface area contributed by atoms with E-state index in [9.17, 15) is 9.59 Å². The van der Waals surface area contributed by atoms with Crippen molar-refractivity contribution in [1.29, 1.82) is 0 Å². The lowest BCUT2D eigenvalue weighted by Gasteiger charge is -2.17. The van der Waals surface area contributed by atoms with Crippen LogP contribution in [0.2, 0.25) is 0 Å². The average molecular weight is 289 g/mol.